The highest BCUT2D eigenvalue weighted by atomic mass is 32.1. The molecule has 0 aromatic heterocycles. The highest BCUT2D eigenvalue weighted by Gasteiger charge is 2.19. The maximum absolute atomic E-state index is 10.8. The van der Waals surface area contributed by atoms with Crippen LogP contribution in [0.3, 0.4) is 0 Å². The Bertz CT molecular complexity index is 163. The standard InChI is InChI=1S/C8H16N2OS/c1-10-3-2-7(5-10)4-9-8(11)6-12/h7,12H,2-6H2,1H3,(H,9,11). The van der Waals surface area contributed by atoms with Gasteiger partial charge in [-0.05, 0) is 25.9 Å². The third kappa shape index (κ3) is 3.03. The van der Waals surface area contributed by atoms with E-state index in [4.69, 9.17) is 0 Å². The fraction of sp³-hybridized carbons (Fsp3) is 0.875. The molecule has 0 spiro atoms. The molecule has 0 aliphatic carbocycles. The first-order chi connectivity index (χ1) is 5.72. The Hall–Kier alpha value is -0.220. The highest BCUT2D eigenvalue weighted by molar-refractivity contribution is 7.81. The molecule has 3 nitrogen and oxygen atoms in total. The smallest absolute Gasteiger partial charge is 0.229 e. The van der Waals surface area contributed by atoms with Crippen LogP contribution in [0.1, 0.15) is 6.42 Å². The first kappa shape index (κ1) is 9.86. The Labute approximate surface area is 78.9 Å². The summed E-state index contributed by atoms with van der Waals surface area (Å²) in [5, 5.41) is 2.85. The fourth-order valence-corrected chi connectivity index (χ4v) is 1.62. The van der Waals surface area contributed by atoms with Crippen molar-refractivity contribution in [2.45, 2.75) is 6.42 Å². The van der Waals surface area contributed by atoms with Crippen molar-refractivity contribution in [2.75, 3.05) is 32.4 Å². The molecule has 1 rings (SSSR count). The molecule has 0 aromatic carbocycles. The number of hydrogen-bond donors (Lipinski definition) is 2. The summed E-state index contributed by atoms with van der Waals surface area (Å²) in [5.74, 6) is 0.967. The summed E-state index contributed by atoms with van der Waals surface area (Å²) in [4.78, 5) is 13.1. The molecule has 0 saturated carbocycles. The lowest BCUT2D eigenvalue weighted by molar-refractivity contribution is -0.118. The molecular formula is C8H16N2OS. The topological polar surface area (TPSA) is 32.3 Å². The zero-order valence-corrected chi connectivity index (χ0v) is 8.31. The van der Waals surface area contributed by atoms with Crippen LogP contribution in [0.5, 0.6) is 0 Å². The average molecular weight is 188 g/mol. The van der Waals surface area contributed by atoms with E-state index in [9.17, 15) is 4.79 Å². The predicted octanol–water partition coefficient (Wildman–Crippen LogP) is -0.0159. The lowest BCUT2D eigenvalue weighted by Crippen LogP contribution is -2.31. The first-order valence-electron chi connectivity index (χ1n) is 4.28. The van der Waals surface area contributed by atoms with Gasteiger partial charge in [-0.15, -0.1) is 0 Å². The Morgan fingerprint density at radius 1 is 1.75 bits per heavy atom. The SMILES string of the molecule is CN1CCC(CNC(=O)CS)C1. The van der Waals surface area contributed by atoms with Gasteiger partial charge in [-0.3, -0.25) is 4.79 Å². The van der Waals surface area contributed by atoms with Crippen LogP contribution < -0.4 is 5.32 Å². The van der Waals surface area contributed by atoms with Crippen LogP contribution in [0, 0.1) is 5.92 Å². The van der Waals surface area contributed by atoms with E-state index in [0.29, 0.717) is 11.7 Å². The maximum atomic E-state index is 10.8. The molecule has 4 heteroatoms. The molecule has 0 bridgehead atoms. The van der Waals surface area contributed by atoms with E-state index in [-0.39, 0.29) is 5.91 Å². The first-order valence-corrected chi connectivity index (χ1v) is 4.91. The van der Waals surface area contributed by atoms with Crippen LogP contribution >= 0.6 is 12.6 Å². The quantitative estimate of drug-likeness (QED) is 0.610. The monoisotopic (exact) mass is 188 g/mol. The molecule has 1 aliphatic rings. The second kappa shape index (κ2) is 4.72. The average Bonchev–Trinajstić information content (AvgIpc) is 2.47. The minimum Gasteiger partial charge on any atom is -0.355 e. The number of nitrogens with one attached hydrogen (secondary N) is 1. The Balaban J connectivity index is 2.11. The normalized spacial score (nSPS) is 24.3. The molecule has 1 heterocycles. The van der Waals surface area contributed by atoms with Gasteiger partial charge >= 0.3 is 0 Å². The molecule has 1 saturated heterocycles. The summed E-state index contributed by atoms with van der Waals surface area (Å²) in [6.07, 6.45) is 1.20. The summed E-state index contributed by atoms with van der Waals surface area (Å²) < 4.78 is 0. The number of nitrogens with zero attached hydrogens (tertiary/aromatic N) is 1. The maximum Gasteiger partial charge on any atom is 0.229 e. The Kier molecular flexibility index (Phi) is 3.88. The number of carbonyl (C=O) groups excluding carboxylic acids is 1. The second-order valence-corrected chi connectivity index (χ2v) is 3.70. The van der Waals surface area contributed by atoms with E-state index in [0.717, 1.165) is 19.6 Å². The van der Waals surface area contributed by atoms with Crippen molar-refractivity contribution >= 4 is 18.5 Å². The summed E-state index contributed by atoms with van der Waals surface area (Å²) in [7, 11) is 2.11. The van der Waals surface area contributed by atoms with Gasteiger partial charge in [0.15, 0.2) is 0 Å². The van der Waals surface area contributed by atoms with E-state index < -0.39 is 0 Å². The van der Waals surface area contributed by atoms with Crippen molar-refractivity contribution in [3.63, 3.8) is 0 Å². The van der Waals surface area contributed by atoms with Crippen molar-refractivity contribution in [1.29, 1.82) is 0 Å². The highest BCUT2D eigenvalue weighted by Crippen LogP contribution is 2.12. The number of amides is 1. The molecule has 1 atom stereocenters. The van der Waals surface area contributed by atoms with Gasteiger partial charge in [0.05, 0.1) is 5.75 Å². The molecule has 1 amide bonds. The summed E-state index contributed by atoms with van der Waals surface area (Å²) >= 11 is 3.89. The van der Waals surface area contributed by atoms with Crippen LogP contribution in [0.25, 0.3) is 0 Å². The minimum absolute atomic E-state index is 0.0351. The van der Waals surface area contributed by atoms with Crippen LogP contribution in [-0.2, 0) is 4.79 Å². The largest absolute Gasteiger partial charge is 0.355 e. The Morgan fingerprint density at radius 2 is 2.50 bits per heavy atom. The fourth-order valence-electron chi connectivity index (χ4n) is 1.51. The molecular weight excluding hydrogens is 172 g/mol. The van der Waals surface area contributed by atoms with Crippen LogP contribution in [0.15, 0.2) is 0 Å². The Morgan fingerprint density at radius 3 is 3.00 bits per heavy atom. The van der Waals surface area contributed by atoms with Crippen molar-refractivity contribution in [3.8, 4) is 0 Å². The van der Waals surface area contributed by atoms with Crippen molar-refractivity contribution in [1.82, 2.24) is 10.2 Å². The summed E-state index contributed by atoms with van der Waals surface area (Å²) in [6.45, 7) is 3.07. The van der Waals surface area contributed by atoms with Gasteiger partial charge in [0.1, 0.15) is 0 Å². The zero-order valence-electron chi connectivity index (χ0n) is 7.42. The number of thiol groups is 1. The molecule has 0 radical (unpaired) electrons. The number of hydrogen-bond acceptors (Lipinski definition) is 3. The number of likely N-dealkylation sites (tertiary alicyclic amines) is 1. The lowest BCUT2D eigenvalue weighted by atomic mass is 10.1. The third-order valence-electron chi connectivity index (χ3n) is 2.22. The van der Waals surface area contributed by atoms with Gasteiger partial charge in [-0.25, -0.2) is 0 Å². The van der Waals surface area contributed by atoms with Crippen LogP contribution in [0.2, 0.25) is 0 Å². The minimum atomic E-state index is 0.0351. The van der Waals surface area contributed by atoms with Crippen LogP contribution in [-0.4, -0.2) is 43.2 Å². The summed E-state index contributed by atoms with van der Waals surface area (Å²) in [5.41, 5.74) is 0. The zero-order chi connectivity index (χ0) is 8.97. The second-order valence-electron chi connectivity index (χ2n) is 3.38. The predicted molar refractivity (Wildman–Crippen MR) is 52.5 cm³/mol. The van der Waals surface area contributed by atoms with Crippen molar-refractivity contribution in [3.05, 3.63) is 0 Å². The van der Waals surface area contributed by atoms with E-state index in [1.807, 2.05) is 0 Å². The van der Waals surface area contributed by atoms with E-state index in [2.05, 4.69) is 29.9 Å². The van der Waals surface area contributed by atoms with E-state index in [1.165, 1.54) is 6.42 Å². The molecule has 1 aliphatic heterocycles. The third-order valence-corrected chi connectivity index (χ3v) is 2.51. The molecule has 0 aromatic rings. The number of carbonyl (C=O) groups is 1. The van der Waals surface area contributed by atoms with E-state index in [1.54, 1.807) is 0 Å². The molecule has 1 fully saturated rings. The van der Waals surface area contributed by atoms with Gasteiger partial charge in [-0.2, -0.15) is 12.6 Å². The van der Waals surface area contributed by atoms with Gasteiger partial charge < -0.3 is 10.2 Å². The van der Waals surface area contributed by atoms with Crippen molar-refractivity contribution < 1.29 is 4.79 Å². The lowest BCUT2D eigenvalue weighted by Gasteiger charge is -2.10. The molecule has 1 N–H and O–H groups in total. The van der Waals surface area contributed by atoms with Gasteiger partial charge in [0.2, 0.25) is 5.91 Å². The van der Waals surface area contributed by atoms with Gasteiger partial charge in [-0.1, -0.05) is 0 Å². The van der Waals surface area contributed by atoms with Gasteiger partial charge in [0, 0.05) is 13.1 Å². The van der Waals surface area contributed by atoms with Crippen LogP contribution in [0.4, 0.5) is 0 Å². The summed E-state index contributed by atoms with van der Waals surface area (Å²) in [6, 6.07) is 0. The van der Waals surface area contributed by atoms with Crippen molar-refractivity contribution in [2.24, 2.45) is 5.92 Å². The molecule has 1 unspecified atom stereocenters. The number of rotatable bonds is 3. The molecule has 70 valence electrons. The van der Waals surface area contributed by atoms with E-state index >= 15 is 0 Å². The molecule has 12 heavy (non-hydrogen) atoms. The van der Waals surface area contributed by atoms with Gasteiger partial charge in [0.25, 0.3) is 0 Å².